The van der Waals surface area contributed by atoms with Gasteiger partial charge in [-0.05, 0) is 0 Å². The van der Waals surface area contributed by atoms with Crippen LogP contribution < -0.4 is 13.1 Å². The van der Waals surface area contributed by atoms with E-state index in [1.807, 2.05) is 0 Å². The predicted molar refractivity (Wildman–Crippen MR) is 199 cm³/mol. The minimum absolute atomic E-state index is 0.913. The molecule has 16 heteroatoms. The summed E-state index contributed by atoms with van der Waals surface area (Å²) < 4.78 is 17.4. The standard InChI is InChI=1S/C18AsBr15/c20-4-1(5(21)11(27)16(32)10(4)26)19(2-6(22)12(28)17(33)13(29)7(2)23)3-8(24)14(30)18(34)15(31)9(3)25. The average Bonchev–Trinajstić information content (AvgIpc) is 2.81. The second kappa shape index (κ2) is 13.8. The molecule has 182 valence electrons. The van der Waals surface area contributed by atoms with Gasteiger partial charge in [0.1, 0.15) is 0 Å². The van der Waals surface area contributed by atoms with Gasteiger partial charge in [0.15, 0.2) is 0 Å². The van der Waals surface area contributed by atoms with Crippen molar-refractivity contribution in [2.45, 2.75) is 0 Å². The molecule has 3 aromatic carbocycles. The molecule has 0 atom stereocenters. The summed E-state index contributed by atoms with van der Waals surface area (Å²) in [6.07, 6.45) is 0. The van der Waals surface area contributed by atoms with E-state index in [1.54, 1.807) is 0 Å². The van der Waals surface area contributed by atoms with E-state index in [1.165, 1.54) is 0 Å². The van der Waals surface area contributed by atoms with Crippen molar-refractivity contribution in [1.29, 1.82) is 0 Å². The van der Waals surface area contributed by atoms with Gasteiger partial charge in [-0.1, -0.05) is 0 Å². The summed E-state index contributed by atoms with van der Waals surface area (Å²) in [5.74, 6) is 0. The van der Waals surface area contributed by atoms with Crippen molar-refractivity contribution in [2.24, 2.45) is 0 Å². The van der Waals surface area contributed by atoms with E-state index in [-0.39, 0.29) is 0 Å². The van der Waals surface area contributed by atoms with Crippen LogP contribution in [-0.4, -0.2) is 14.7 Å². The molecule has 3 rings (SSSR count). The van der Waals surface area contributed by atoms with E-state index in [9.17, 15) is 0 Å². The Bertz CT molecular complexity index is 1110. The summed E-state index contributed by atoms with van der Waals surface area (Å²) in [5.41, 5.74) is 0. The first-order chi connectivity index (χ1) is 15.7. The van der Waals surface area contributed by atoms with Crippen LogP contribution in [0.5, 0.6) is 0 Å². The van der Waals surface area contributed by atoms with Gasteiger partial charge in [-0.3, -0.25) is 0 Å². The van der Waals surface area contributed by atoms with E-state index in [4.69, 9.17) is 0 Å². The van der Waals surface area contributed by atoms with Gasteiger partial charge in [0, 0.05) is 0 Å². The van der Waals surface area contributed by atoms with Crippen molar-refractivity contribution in [3.8, 4) is 0 Å². The van der Waals surface area contributed by atoms with Gasteiger partial charge in [-0.25, -0.2) is 0 Å². The summed E-state index contributed by atoms with van der Waals surface area (Å²) in [6.45, 7) is 0. The molecular weight excluding hydrogens is 1490 g/mol. The van der Waals surface area contributed by atoms with Crippen LogP contribution in [0.4, 0.5) is 0 Å². The van der Waals surface area contributed by atoms with Crippen LogP contribution in [0.25, 0.3) is 0 Å². The van der Waals surface area contributed by atoms with E-state index in [0.29, 0.717) is 0 Å². The van der Waals surface area contributed by atoms with Crippen molar-refractivity contribution < 1.29 is 0 Å². The third kappa shape index (κ3) is 6.21. The van der Waals surface area contributed by atoms with Crippen LogP contribution in [0.2, 0.25) is 0 Å². The first-order valence-electron chi connectivity index (χ1n) is 8.01. The fourth-order valence-corrected chi connectivity index (χ4v) is 24.7. The summed E-state index contributed by atoms with van der Waals surface area (Å²) in [7, 11) is 0. The van der Waals surface area contributed by atoms with Gasteiger partial charge in [0.05, 0.1) is 0 Å². The molecule has 0 aliphatic rings. The molecule has 34 heavy (non-hydrogen) atoms. The van der Waals surface area contributed by atoms with E-state index in [2.05, 4.69) is 239 Å². The Morgan fingerprint density at radius 2 is 0.324 bits per heavy atom. The van der Waals surface area contributed by atoms with Gasteiger partial charge in [0.25, 0.3) is 0 Å². The van der Waals surface area contributed by atoms with Gasteiger partial charge in [-0.2, -0.15) is 0 Å². The molecule has 0 N–H and O–H groups in total. The second-order valence-electron chi connectivity index (χ2n) is 6.09. The number of benzene rings is 3. The number of rotatable bonds is 3. The fraction of sp³-hybridized carbons (Fsp3) is 0. The second-order valence-corrected chi connectivity index (χ2v) is 22.2. The molecule has 0 saturated heterocycles. The zero-order valence-electron chi connectivity index (χ0n) is 15.1. The molecule has 0 aliphatic carbocycles. The third-order valence-corrected chi connectivity index (χ3v) is 32.1. The van der Waals surface area contributed by atoms with Crippen molar-refractivity contribution in [2.75, 3.05) is 0 Å². The van der Waals surface area contributed by atoms with E-state index < -0.39 is 14.7 Å². The van der Waals surface area contributed by atoms with Crippen LogP contribution in [0.15, 0.2) is 67.1 Å². The number of hydrogen-bond donors (Lipinski definition) is 0. The van der Waals surface area contributed by atoms with Crippen molar-refractivity contribution in [1.82, 2.24) is 0 Å². The molecule has 3 aromatic rings. The quantitative estimate of drug-likeness (QED) is 0.139. The molecule has 0 amide bonds. The van der Waals surface area contributed by atoms with Crippen LogP contribution in [0.1, 0.15) is 0 Å². The van der Waals surface area contributed by atoms with E-state index in [0.717, 1.165) is 80.1 Å². The van der Waals surface area contributed by atoms with Gasteiger partial charge >= 0.3 is 334 Å². The van der Waals surface area contributed by atoms with Crippen LogP contribution in [0.3, 0.4) is 0 Å². The Kier molecular flexibility index (Phi) is 13.8. The molecule has 0 unspecified atom stereocenters. The maximum atomic E-state index is 3.89. The third-order valence-electron chi connectivity index (χ3n) is 4.23. The van der Waals surface area contributed by atoms with Gasteiger partial charge in [0.2, 0.25) is 0 Å². The average molecular weight is 1490 g/mol. The molecular formula is C18AsBr15. The topological polar surface area (TPSA) is 0 Å². The van der Waals surface area contributed by atoms with Gasteiger partial charge < -0.3 is 0 Å². The number of halogens is 15. The maximum absolute atomic E-state index is 3.89. The first-order valence-corrected chi connectivity index (χ1v) is 22.7. The van der Waals surface area contributed by atoms with E-state index >= 15 is 0 Å². The van der Waals surface area contributed by atoms with Crippen LogP contribution >= 0.6 is 239 Å². The molecule has 0 nitrogen and oxygen atoms in total. The van der Waals surface area contributed by atoms with Crippen LogP contribution in [-0.2, 0) is 0 Å². The molecule has 0 radical (unpaired) electrons. The Morgan fingerprint density at radius 3 is 0.471 bits per heavy atom. The van der Waals surface area contributed by atoms with Crippen molar-refractivity contribution in [3.05, 3.63) is 67.1 Å². The Morgan fingerprint density at radius 1 is 0.206 bits per heavy atom. The molecule has 0 bridgehead atoms. The Labute approximate surface area is 327 Å². The van der Waals surface area contributed by atoms with Crippen molar-refractivity contribution >= 4 is 267 Å². The number of hydrogen-bond acceptors (Lipinski definition) is 0. The SMILES string of the molecule is Brc1c(Br)c(Br)c([As](c2c(Br)c(Br)c(Br)c(Br)c2Br)c2c(Br)c(Br)c(Br)c(Br)c2Br)c(Br)c1Br. The monoisotopic (exact) mass is 1470 g/mol. The molecule has 0 heterocycles. The molecule has 0 aromatic heterocycles. The zero-order valence-corrected chi connectivity index (χ0v) is 40.8. The first kappa shape index (κ1) is 33.9. The minimum atomic E-state index is -2.40. The zero-order chi connectivity index (χ0) is 26.0. The summed E-state index contributed by atoms with van der Waals surface area (Å²) in [6, 6.07) is 0. The Balaban J connectivity index is 2.68. The molecule has 0 spiro atoms. The molecule has 0 aliphatic heterocycles. The van der Waals surface area contributed by atoms with Gasteiger partial charge in [-0.15, -0.1) is 0 Å². The van der Waals surface area contributed by atoms with Crippen molar-refractivity contribution in [3.63, 3.8) is 0 Å². The predicted octanol–water partition coefficient (Wildman–Crippen LogP) is 13.6. The molecule has 0 saturated carbocycles. The fourth-order valence-electron chi connectivity index (χ4n) is 2.70. The summed E-state index contributed by atoms with van der Waals surface area (Å²) in [5, 5.41) is 0. The van der Waals surface area contributed by atoms with Crippen LogP contribution in [0, 0.1) is 0 Å². The Hall–Kier alpha value is 5.42. The normalized spacial score (nSPS) is 11.6. The summed E-state index contributed by atoms with van der Waals surface area (Å²) in [4.78, 5) is 0. The summed E-state index contributed by atoms with van der Waals surface area (Å²) >= 11 is 54.6. The molecule has 0 fully saturated rings.